The Bertz CT molecular complexity index is 275. The second-order valence-electron chi connectivity index (χ2n) is 1.46. The number of hydrogen-bond acceptors (Lipinski definition) is 2. The van der Waals surface area contributed by atoms with Crippen molar-refractivity contribution in [3.05, 3.63) is 16.4 Å². The van der Waals surface area contributed by atoms with Crippen molar-refractivity contribution in [3.8, 4) is 6.07 Å². The molecule has 9 heavy (non-hydrogen) atoms. The van der Waals surface area contributed by atoms with Gasteiger partial charge in [-0.05, 0) is 15.9 Å². The van der Waals surface area contributed by atoms with Gasteiger partial charge in [0.05, 0.1) is 6.20 Å². The third-order valence-electron chi connectivity index (χ3n) is 0.896. The average molecular weight is 187 g/mol. The molecule has 1 aromatic rings. The normalized spacial score (nSPS) is 10.4. The molecule has 0 unspecified atom stereocenters. The van der Waals surface area contributed by atoms with Gasteiger partial charge in [-0.1, -0.05) is 0 Å². The first-order chi connectivity index (χ1) is 4.79. The minimum Gasteiger partial charge on any atom is -0.260 e. The van der Waals surface area contributed by atoms with E-state index in [0.29, 0.717) is 10.2 Å². The first-order valence-electron chi connectivity index (χ1n) is 2.91. The van der Waals surface area contributed by atoms with Gasteiger partial charge in [0.15, 0.2) is 0 Å². The molecule has 0 atom stereocenters. The number of hydrogen-bond donors (Lipinski definition) is 0. The summed E-state index contributed by atoms with van der Waals surface area (Å²) in [6, 6.07) is 1.94. The van der Waals surface area contributed by atoms with E-state index < -0.39 is 0 Å². The van der Waals surface area contributed by atoms with E-state index in [-0.39, 0.29) is 7.02 Å². The van der Waals surface area contributed by atoms with E-state index in [9.17, 15) is 0 Å². The maximum atomic E-state index is 8.43. The van der Waals surface area contributed by atoms with Gasteiger partial charge in [-0.3, -0.25) is 4.68 Å². The lowest BCUT2D eigenvalue weighted by Gasteiger charge is -1.87. The number of nitriles is 1. The van der Waals surface area contributed by atoms with Crippen LogP contribution in [0.1, 0.15) is 6.93 Å². The molecule has 0 saturated carbocycles. The zero-order valence-corrected chi connectivity index (χ0v) is 6.09. The molecule has 3 nitrogen and oxygen atoms in total. The van der Waals surface area contributed by atoms with Crippen LogP contribution in [0.5, 0.6) is 0 Å². The van der Waals surface area contributed by atoms with Gasteiger partial charge in [-0.15, -0.1) is 0 Å². The van der Waals surface area contributed by atoms with Crippen LogP contribution in [-0.2, 0) is 7.02 Å². The van der Waals surface area contributed by atoms with Gasteiger partial charge in [0.1, 0.15) is 16.2 Å². The van der Waals surface area contributed by atoms with Crippen molar-refractivity contribution >= 4 is 15.9 Å². The predicted octanol–water partition coefficient (Wildman–Crippen LogP) is 1.05. The summed E-state index contributed by atoms with van der Waals surface area (Å²) in [6.07, 6.45) is 1.43. The summed E-state index contributed by atoms with van der Waals surface area (Å²) in [6.45, 7) is 0. The van der Waals surface area contributed by atoms with E-state index in [0.717, 1.165) is 0 Å². The van der Waals surface area contributed by atoms with Crippen LogP contribution in [0.3, 0.4) is 0 Å². The average Bonchev–Trinajstić information content (AvgIpc) is 2.30. The molecule has 0 aliphatic heterocycles. The van der Waals surface area contributed by atoms with Crippen molar-refractivity contribution in [1.82, 2.24) is 9.78 Å². The zero-order chi connectivity index (χ0) is 7.56. The Hall–Kier alpha value is -0.820. The molecule has 1 heterocycles. The smallest absolute Gasteiger partial charge is 0.121 e. The van der Waals surface area contributed by atoms with Crippen molar-refractivity contribution in [3.63, 3.8) is 0 Å². The van der Waals surface area contributed by atoms with Crippen LogP contribution in [-0.4, -0.2) is 9.78 Å². The monoisotopic (exact) mass is 186 g/mol. The lowest BCUT2D eigenvalue weighted by molar-refractivity contribution is 0.749. The fourth-order valence-electron chi connectivity index (χ4n) is 0.445. The highest BCUT2D eigenvalue weighted by Gasteiger charge is 2.01. The molecule has 0 radical (unpaired) electrons. The van der Waals surface area contributed by atoms with Crippen molar-refractivity contribution in [2.75, 3.05) is 0 Å². The van der Waals surface area contributed by atoms with Gasteiger partial charge in [-0.25, -0.2) is 0 Å². The van der Waals surface area contributed by atoms with Gasteiger partial charge >= 0.3 is 0 Å². The minimum absolute atomic E-state index is 0.0300. The molecule has 1 aromatic heterocycles. The summed E-state index contributed by atoms with van der Waals surface area (Å²) in [7, 11) is 0.0300. The Morgan fingerprint density at radius 2 is 2.89 bits per heavy atom. The predicted molar refractivity (Wildman–Crippen MR) is 35.6 cm³/mol. The zero-order valence-electron chi connectivity index (χ0n) is 5.50. The molecule has 0 aliphatic rings. The van der Waals surface area contributed by atoms with E-state index in [1.165, 1.54) is 10.9 Å². The molecule has 0 bridgehead atoms. The highest BCUT2D eigenvalue weighted by molar-refractivity contribution is 9.10. The van der Waals surface area contributed by atoms with Crippen LogP contribution >= 0.6 is 15.9 Å². The Morgan fingerprint density at radius 3 is 3.22 bits per heavy atom. The SMILES string of the molecule is [2H]Cn1ncc(C#N)c1Br. The highest BCUT2D eigenvalue weighted by Crippen LogP contribution is 2.12. The highest BCUT2D eigenvalue weighted by atomic mass is 79.9. The Labute approximate surface area is 62.4 Å². The molecule has 4 heteroatoms. The second-order valence-corrected chi connectivity index (χ2v) is 2.21. The molecule has 1 rings (SSSR count). The van der Waals surface area contributed by atoms with E-state index >= 15 is 0 Å². The van der Waals surface area contributed by atoms with E-state index in [4.69, 9.17) is 6.63 Å². The first kappa shape index (κ1) is 5.00. The summed E-state index contributed by atoms with van der Waals surface area (Å²) < 4.78 is 8.90. The molecule has 46 valence electrons. The molecule has 0 spiro atoms. The molecule has 0 fully saturated rings. The number of rotatable bonds is 0. The number of aryl methyl sites for hydroxylation is 1. The van der Waals surface area contributed by atoms with Crippen LogP contribution in [0.15, 0.2) is 10.8 Å². The molecule has 0 N–H and O–H groups in total. The summed E-state index contributed by atoms with van der Waals surface area (Å²) in [5.41, 5.74) is 0.465. The van der Waals surface area contributed by atoms with Crippen LogP contribution in [0.2, 0.25) is 0 Å². The summed E-state index contributed by atoms with van der Waals surface area (Å²) in [5.74, 6) is 0. The minimum atomic E-state index is 0.0300. The van der Waals surface area contributed by atoms with Crippen molar-refractivity contribution < 1.29 is 1.37 Å². The standard InChI is InChI=1S/C5H4BrN3/c1-9-5(6)4(2-7)3-8-9/h3H,1H3/i1D. The quantitative estimate of drug-likeness (QED) is 0.609. The fourth-order valence-corrected chi connectivity index (χ4v) is 0.728. The maximum Gasteiger partial charge on any atom is 0.121 e. The molecular weight excluding hydrogens is 182 g/mol. The van der Waals surface area contributed by atoms with Crippen molar-refractivity contribution in [1.29, 1.82) is 5.26 Å². The second kappa shape index (κ2) is 2.19. The van der Waals surface area contributed by atoms with Gasteiger partial charge in [0.25, 0.3) is 0 Å². The lowest BCUT2D eigenvalue weighted by Crippen LogP contribution is -1.88. The lowest BCUT2D eigenvalue weighted by atomic mass is 10.4. The topological polar surface area (TPSA) is 41.6 Å². The fraction of sp³-hybridized carbons (Fsp3) is 0.200. The first-order valence-corrected chi connectivity index (χ1v) is 2.99. The third-order valence-corrected chi connectivity index (χ3v) is 1.73. The molecule has 0 saturated heterocycles. The molecule has 0 aromatic carbocycles. The number of halogens is 1. The molecule has 0 amide bonds. The summed E-state index contributed by atoms with van der Waals surface area (Å²) in [4.78, 5) is 0. The maximum absolute atomic E-state index is 8.43. The largest absolute Gasteiger partial charge is 0.260 e. The summed E-state index contributed by atoms with van der Waals surface area (Å²) in [5, 5.41) is 12.2. The van der Waals surface area contributed by atoms with Gasteiger partial charge in [-0.2, -0.15) is 10.4 Å². The Balaban J connectivity index is 3.12. The van der Waals surface area contributed by atoms with Gasteiger partial charge < -0.3 is 0 Å². The van der Waals surface area contributed by atoms with Gasteiger partial charge in [0.2, 0.25) is 0 Å². The third kappa shape index (κ3) is 0.958. The molecule has 0 aliphatic carbocycles. The van der Waals surface area contributed by atoms with Crippen LogP contribution in [0.4, 0.5) is 0 Å². The summed E-state index contributed by atoms with van der Waals surface area (Å²) >= 11 is 3.13. The Kier molecular flexibility index (Phi) is 1.22. The van der Waals surface area contributed by atoms with E-state index in [2.05, 4.69) is 21.0 Å². The van der Waals surface area contributed by atoms with E-state index in [1.807, 2.05) is 6.07 Å². The Morgan fingerprint density at radius 1 is 2.11 bits per heavy atom. The van der Waals surface area contributed by atoms with Crippen LogP contribution in [0, 0.1) is 11.3 Å². The molecular formula is C5H4BrN3. The number of nitrogens with zero attached hydrogens (tertiary/aromatic N) is 3. The van der Waals surface area contributed by atoms with E-state index in [1.54, 1.807) is 0 Å². The van der Waals surface area contributed by atoms with Crippen LogP contribution in [0.25, 0.3) is 0 Å². The van der Waals surface area contributed by atoms with Crippen molar-refractivity contribution in [2.45, 2.75) is 0 Å². The van der Waals surface area contributed by atoms with Crippen LogP contribution < -0.4 is 0 Å². The van der Waals surface area contributed by atoms with Gasteiger partial charge in [0, 0.05) is 8.39 Å². The van der Waals surface area contributed by atoms with Crippen molar-refractivity contribution in [2.24, 2.45) is 7.02 Å². The number of aromatic nitrogens is 2.